The normalized spacial score (nSPS) is 14.8. The minimum absolute atomic E-state index is 0.129. The molecular weight excluding hydrogens is 392 g/mol. The van der Waals surface area contributed by atoms with Crippen molar-refractivity contribution < 1.29 is 14.4 Å². The molecule has 7 nitrogen and oxygen atoms in total. The zero-order valence-electron chi connectivity index (χ0n) is 17.3. The van der Waals surface area contributed by atoms with Crippen molar-refractivity contribution in [3.8, 4) is 5.69 Å². The summed E-state index contributed by atoms with van der Waals surface area (Å²) in [5.41, 5.74) is 4.35. The molecule has 0 aliphatic carbocycles. The average Bonchev–Trinajstić information content (AvgIpc) is 3.24. The predicted octanol–water partition coefficient (Wildman–Crippen LogP) is 3.63. The van der Waals surface area contributed by atoms with Crippen LogP contribution in [-0.4, -0.2) is 33.9 Å². The van der Waals surface area contributed by atoms with Gasteiger partial charge in [0.2, 0.25) is 5.91 Å². The van der Waals surface area contributed by atoms with E-state index in [0.717, 1.165) is 27.5 Å². The second kappa shape index (κ2) is 8.31. The summed E-state index contributed by atoms with van der Waals surface area (Å²) in [6.07, 6.45) is 1.62. The number of anilines is 1. The van der Waals surface area contributed by atoms with E-state index in [1.54, 1.807) is 18.2 Å². The van der Waals surface area contributed by atoms with Crippen LogP contribution in [0.2, 0.25) is 0 Å². The number of nitrogens with zero attached hydrogens (tertiary/aromatic N) is 2. The van der Waals surface area contributed by atoms with E-state index in [0.29, 0.717) is 5.69 Å². The SMILES string of the molecule is Cc1ccccc1NC(=O)CN1C(=O)N/C(=C\c2ccc(C)n2-c2ccccc2)C1=O. The summed E-state index contributed by atoms with van der Waals surface area (Å²) in [5.74, 6) is -0.981. The lowest BCUT2D eigenvalue weighted by atomic mass is 10.2. The first-order chi connectivity index (χ1) is 14.9. The van der Waals surface area contributed by atoms with Crippen LogP contribution in [0.3, 0.4) is 0 Å². The summed E-state index contributed by atoms with van der Waals surface area (Å²) in [6.45, 7) is 3.47. The number of urea groups is 1. The number of nitrogens with one attached hydrogen (secondary N) is 2. The Hall–Kier alpha value is -4.13. The van der Waals surface area contributed by atoms with Gasteiger partial charge in [0.05, 0.1) is 0 Å². The molecule has 4 amide bonds. The van der Waals surface area contributed by atoms with Crippen molar-refractivity contribution in [2.24, 2.45) is 0 Å². The fraction of sp³-hybridized carbons (Fsp3) is 0.125. The fourth-order valence-electron chi connectivity index (χ4n) is 3.51. The van der Waals surface area contributed by atoms with Crippen LogP contribution in [0.15, 0.2) is 72.4 Å². The van der Waals surface area contributed by atoms with E-state index >= 15 is 0 Å². The third kappa shape index (κ3) is 4.11. The monoisotopic (exact) mass is 414 g/mol. The second-order valence-corrected chi connectivity index (χ2v) is 7.31. The number of imide groups is 1. The third-order valence-electron chi connectivity index (χ3n) is 5.10. The van der Waals surface area contributed by atoms with Crippen LogP contribution in [-0.2, 0) is 9.59 Å². The number of carbonyl (C=O) groups is 3. The number of para-hydroxylation sites is 2. The molecule has 0 unspecified atom stereocenters. The van der Waals surface area contributed by atoms with E-state index in [2.05, 4.69) is 10.6 Å². The van der Waals surface area contributed by atoms with Crippen molar-refractivity contribution in [2.45, 2.75) is 13.8 Å². The molecule has 0 spiro atoms. The summed E-state index contributed by atoms with van der Waals surface area (Å²) in [4.78, 5) is 38.5. The van der Waals surface area contributed by atoms with Crippen LogP contribution in [0.4, 0.5) is 10.5 Å². The number of amides is 4. The molecule has 2 N–H and O–H groups in total. The average molecular weight is 414 g/mol. The molecule has 2 aromatic carbocycles. The van der Waals surface area contributed by atoms with E-state index in [1.807, 2.05) is 73.0 Å². The van der Waals surface area contributed by atoms with Crippen LogP contribution >= 0.6 is 0 Å². The fourth-order valence-corrected chi connectivity index (χ4v) is 3.51. The van der Waals surface area contributed by atoms with Crippen LogP contribution in [0.1, 0.15) is 17.0 Å². The molecule has 0 radical (unpaired) electrons. The molecule has 2 heterocycles. The zero-order valence-corrected chi connectivity index (χ0v) is 17.3. The molecule has 4 rings (SSSR count). The molecule has 1 aromatic heterocycles. The summed E-state index contributed by atoms with van der Waals surface area (Å²) >= 11 is 0. The van der Waals surface area contributed by atoms with Gasteiger partial charge in [0.15, 0.2) is 0 Å². The van der Waals surface area contributed by atoms with Gasteiger partial charge < -0.3 is 15.2 Å². The molecule has 1 saturated heterocycles. The number of benzene rings is 2. The molecule has 31 heavy (non-hydrogen) atoms. The largest absolute Gasteiger partial charge is 0.329 e. The van der Waals surface area contributed by atoms with Crippen LogP contribution in [0.5, 0.6) is 0 Å². The van der Waals surface area contributed by atoms with Gasteiger partial charge in [-0.1, -0.05) is 36.4 Å². The third-order valence-corrected chi connectivity index (χ3v) is 5.10. The maximum absolute atomic E-state index is 12.8. The summed E-state index contributed by atoms with van der Waals surface area (Å²) < 4.78 is 1.99. The number of aryl methyl sites for hydroxylation is 2. The maximum atomic E-state index is 12.8. The minimum atomic E-state index is -0.620. The van der Waals surface area contributed by atoms with Gasteiger partial charge in [-0.15, -0.1) is 0 Å². The Morgan fingerprint density at radius 2 is 1.68 bits per heavy atom. The molecule has 1 aliphatic rings. The molecule has 0 saturated carbocycles. The van der Waals surface area contributed by atoms with Gasteiger partial charge in [0.25, 0.3) is 5.91 Å². The van der Waals surface area contributed by atoms with Crippen LogP contribution < -0.4 is 10.6 Å². The Labute approximate surface area is 180 Å². The molecular formula is C24H22N4O3. The number of aromatic nitrogens is 1. The summed E-state index contributed by atoms with van der Waals surface area (Å²) in [5, 5.41) is 5.32. The smallest absolute Gasteiger partial charge is 0.324 e. The van der Waals surface area contributed by atoms with Crippen molar-refractivity contribution >= 4 is 29.6 Å². The van der Waals surface area contributed by atoms with Gasteiger partial charge in [-0.3, -0.25) is 9.59 Å². The van der Waals surface area contributed by atoms with E-state index in [1.165, 1.54) is 0 Å². The first-order valence-corrected chi connectivity index (χ1v) is 9.88. The van der Waals surface area contributed by atoms with Gasteiger partial charge in [-0.2, -0.15) is 0 Å². The Morgan fingerprint density at radius 1 is 0.968 bits per heavy atom. The second-order valence-electron chi connectivity index (χ2n) is 7.31. The molecule has 1 fully saturated rings. The molecule has 0 atom stereocenters. The highest BCUT2D eigenvalue weighted by Gasteiger charge is 2.35. The van der Waals surface area contributed by atoms with Crippen molar-refractivity contribution in [3.05, 3.63) is 89.4 Å². The van der Waals surface area contributed by atoms with E-state index < -0.39 is 17.8 Å². The highest BCUT2D eigenvalue weighted by atomic mass is 16.2. The number of hydrogen-bond donors (Lipinski definition) is 2. The quantitative estimate of drug-likeness (QED) is 0.494. The van der Waals surface area contributed by atoms with Gasteiger partial charge in [0, 0.05) is 22.8 Å². The van der Waals surface area contributed by atoms with Gasteiger partial charge in [0.1, 0.15) is 12.2 Å². The first kappa shape index (κ1) is 20.2. The number of hydrogen-bond acceptors (Lipinski definition) is 3. The topological polar surface area (TPSA) is 83.4 Å². The summed E-state index contributed by atoms with van der Waals surface area (Å²) in [6, 6.07) is 20.2. The Balaban J connectivity index is 1.53. The van der Waals surface area contributed by atoms with Gasteiger partial charge >= 0.3 is 6.03 Å². The maximum Gasteiger partial charge on any atom is 0.329 e. The van der Waals surface area contributed by atoms with E-state index in [9.17, 15) is 14.4 Å². The molecule has 7 heteroatoms. The number of rotatable bonds is 5. The Kier molecular flexibility index (Phi) is 5.41. The lowest BCUT2D eigenvalue weighted by Gasteiger charge is -2.13. The molecule has 0 bridgehead atoms. The highest BCUT2D eigenvalue weighted by molar-refractivity contribution is 6.15. The van der Waals surface area contributed by atoms with Gasteiger partial charge in [-0.05, 0) is 55.8 Å². The van der Waals surface area contributed by atoms with Gasteiger partial charge in [-0.25, -0.2) is 9.69 Å². The highest BCUT2D eigenvalue weighted by Crippen LogP contribution is 2.21. The number of carbonyl (C=O) groups excluding carboxylic acids is 3. The van der Waals surface area contributed by atoms with E-state index in [-0.39, 0.29) is 12.2 Å². The zero-order chi connectivity index (χ0) is 22.0. The summed E-state index contributed by atoms with van der Waals surface area (Å²) in [7, 11) is 0. The Bertz CT molecular complexity index is 1190. The van der Waals surface area contributed by atoms with E-state index in [4.69, 9.17) is 0 Å². The van der Waals surface area contributed by atoms with Crippen molar-refractivity contribution in [3.63, 3.8) is 0 Å². The Morgan fingerprint density at radius 3 is 2.42 bits per heavy atom. The van der Waals surface area contributed by atoms with Crippen molar-refractivity contribution in [2.75, 3.05) is 11.9 Å². The van der Waals surface area contributed by atoms with Crippen molar-refractivity contribution in [1.29, 1.82) is 0 Å². The predicted molar refractivity (Wildman–Crippen MR) is 119 cm³/mol. The molecule has 3 aromatic rings. The van der Waals surface area contributed by atoms with Crippen LogP contribution in [0.25, 0.3) is 11.8 Å². The minimum Gasteiger partial charge on any atom is -0.324 e. The first-order valence-electron chi connectivity index (χ1n) is 9.88. The van der Waals surface area contributed by atoms with Crippen LogP contribution in [0, 0.1) is 13.8 Å². The lowest BCUT2D eigenvalue weighted by molar-refractivity contribution is -0.127. The standard InChI is InChI=1S/C24H22N4O3/c1-16-8-6-7-11-20(16)25-22(29)15-27-23(30)21(26-24(27)31)14-19-13-12-17(2)28(19)18-9-4-3-5-10-18/h3-14H,15H2,1-2H3,(H,25,29)(H,26,31)/b21-14-. The lowest BCUT2D eigenvalue weighted by Crippen LogP contribution is -2.38. The van der Waals surface area contributed by atoms with Crippen molar-refractivity contribution in [1.82, 2.24) is 14.8 Å². The molecule has 1 aliphatic heterocycles. The molecule has 156 valence electrons.